The van der Waals surface area contributed by atoms with Gasteiger partial charge >= 0.3 is 0 Å². The molecule has 9 heteroatoms. The van der Waals surface area contributed by atoms with Crippen molar-refractivity contribution in [1.29, 1.82) is 0 Å². The molecular formula is C12H17N5O2S2. The van der Waals surface area contributed by atoms with E-state index >= 15 is 0 Å². The van der Waals surface area contributed by atoms with Crippen molar-refractivity contribution in [2.24, 2.45) is 7.05 Å². The van der Waals surface area contributed by atoms with E-state index in [-0.39, 0.29) is 11.1 Å². The van der Waals surface area contributed by atoms with Crippen molar-refractivity contribution in [2.75, 3.05) is 7.05 Å². The highest BCUT2D eigenvalue weighted by atomic mass is 32.2. The lowest BCUT2D eigenvalue weighted by Crippen LogP contribution is -2.33. The Morgan fingerprint density at radius 3 is 2.90 bits per heavy atom. The van der Waals surface area contributed by atoms with E-state index in [4.69, 9.17) is 0 Å². The molecule has 2 heterocycles. The van der Waals surface area contributed by atoms with Crippen LogP contribution in [0.5, 0.6) is 0 Å². The van der Waals surface area contributed by atoms with E-state index in [1.165, 1.54) is 15.2 Å². The minimum atomic E-state index is -3.63. The van der Waals surface area contributed by atoms with Crippen LogP contribution in [0.3, 0.4) is 0 Å². The van der Waals surface area contributed by atoms with Crippen LogP contribution in [0.15, 0.2) is 11.2 Å². The molecule has 114 valence electrons. The number of aryl methyl sites for hydroxylation is 3. The van der Waals surface area contributed by atoms with Gasteiger partial charge in [-0.15, -0.1) is 16.4 Å². The lowest BCUT2D eigenvalue weighted by molar-refractivity contribution is 0.340. The van der Waals surface area contributed by atoms with Crippen molar-refractivity contribution >= 4 is 21.4 Å². The minimum Gasteiger partial charge on any atom is -0.254 e. The fourth-order valence-electron chi connectivity index (χ4n) is 2.63. The lowest BCUT2D eigenvalue weighted by Gasteiger charge is -2.29. The molecule has 2 aromatic heterocycles. The normalized spacial score (nSPS) is 19.0. The third-order valence-electron chi connectivity index (χ3n) is 3.69. The predicted molar refractivity (Wildman–Crippen MR) is 78.5 cm³/mol. The Kier molecular flexibility index (Phi) is 3.58. The average molecular weight is 327 g/mol. The lowest BCUT2D eigenvalue weighted by atomic mass is 9.98. The molecule has 0 N–H and O–H groups in total. The Bertz CT molecular complexity index is 764. The summed E-state index contributed by atoms with van der Waals surface area (Å²) in [5, 5.41) is 8.42. The summed E-state index contributed by atoms with van der Waals surface area (Å²) >= 11 is 1.58. The molecule has 7 nitrogen and oxygen atoms in total. The first-order chi connectivity index (χ1) is 9.89. The Morgan fingerprint density at radius 1 is 1.48 bits per heavy atom. The van der Waals surface area contributed by atoms with Crippen LogP contribution in [0.1, 0.15) is 34.5 Å². The van der Waals surface area contributed by atoms with Gasteiger partial charge in [-0.05, 0) is 26.2 Å². The van der Waals surface area contributed by atoms with Gasteiger partial charge in [0.2, 0.25) is 5.03 Å². The summed E-state index contributed by atoms with van der Waals surface area (Å²) in [5.74, 6) is 0. The highest BCUT2D eigenvalue weighted by Crippen LogP contribution is 2.39. The van der Waals surface area contributed by atoms with Gasteiger partial charge in [-0.1, -0.05) is 5.21 Å². The van der Waals surface area contributed by atoms with E-state index in [9.17, 15) is 8.42 Å². The van der Waals surface area contributed by atoms with Crippen LogP contribution in [0, 0.1) is 6.92 Å². The number of nitrogens with zero attached hydrogens (tertiary/aromatic N) is 5. The molecule has 3 rings (SSSR count). The van der Waals surface area contributed by atoms with Crippen LogP contribution in [-0.4, -0.2) is 39.7 Å². The number of sulfonamides is 1. The highest BCUT2D eigenvalue weighted by Gasteiger charge is 2.35. The first kappa shape index (κ1) is 14.6. The maximum Gasteiger partial charge on any atom is 0.264 e. The minimum absolute atomic E-state index is 0.0131. The maximum atomic E-state index is 12.7. The van der Waals surface area contributed by atoms with Crippen LogP contribution in [0.4, 0.5) is 0 Å². The molecule has 1 aliphatic carbocycles. The number of thiazole rings is 1. The fraction of sp³-hybridized carbons (Fsp3) is 0.583. The zero-order valence-electron chi connectivity index (χ0n) is 12.1. The monoisotopic (exact) mass is 327 g/mol. The molecule has 1 atom stereocenters. The molecule has 0 amide bonds. The van der Waals surface area contributed by atoms with Gasteiger partial charge < -0.3 is 0 Å². The summed E-state index contributed by atoms with van der Waals surface area (Å²) in [6, 6.07) is -0.160. The van der Waals surface area contributed by atoms with E-state index in [2.05, 4.69) is 15.3 Å². The number of rotatable bonds is 3. The average Bonchev–Trinajstić information content (AvgIpc) is 3.02. The fourth-order valence-corrected chi connectivity index (χ4v) is 5.11. The SMILES string of the molecule is Cc1nc2c(s1)C(N(C)S(=O)(=O)c1cn(C)nn1)CCC2. The van der Waals surface area contributed by atoms with Crippen molar-refractivity contribution in [2.45, 2.75) is 37.3 Å². The second-order valence-electron chi connectivity index (χ2n) is 5.20. The molecule has 1 unspecified atom stereocenters. The van der Waals surface area contributed by atoms with Crippen LogP contribution in [-0.2, 0) is 23.5 Å². The molecule has 0 aromatic carbocycles. The van der Waals surface area contributed by atoms with Crippen LogP contribution in [0.2, 0.25) is 0 Å². The standard InChI is InChI=1S/C12H17N5O2S2/c1-8-13-9-5-4-6-10(12(9)20-8)17(3)21(18,19)11-7-16(2)15-14-11/h7,10H,4-6H2,1-3H3. The van der Waals surface area contributed by atoms with Crippen LogP contribution >= 0.6 is 11.3 Å². The Labute approximate surface area is 127 Å². The zero-order valence-corrected chi connectivity index (χ0v) is 13.8. The van der Waals surface area contributed by atoms with Gasteiger partial charge in [0.15, 0.2) is 0 Å². The molecule has 1 aliphatic rings. The van der Waals surface area contributed by atoms with Gasteiger partial charge in [0.1, 0.15) is 0 Å². The van der Waals surface area contributed by atoms with Gasteiger partial charge in [-0.3, -0.25) is 4.68 Å². The molecular weight excluding hydrogens is 310 g/mol. The second-order valence-corrected chi connectivity index (χ2v) is 8.38. The van der Waals surface area contributed by atoms with E-state index < -0.39 is 10.0 Å². The highest BCUT2D eigenvalue weighted by molar-refractivity contribution is 7.89. The van der Waals surface area contributed by atoms with Crippen LogP contribution in [0.25, 0.3) is 0 Å². The summed E-state index contributed by atoms with van der Waals surface area (Å²) in [5.41, 5.74) is 1.04. The molecule has 2 aromatic rings. The molecule has 0 saturated heterocycles. The van der Waals surface area contributed by atoms with Crippen molar-refractivity contribution < 1.29 is 8.42 Å². The van der Waals surface area contributed by atoms with Gasteiger partial charge in [0, 0.05) is 19.0 Å². The van der Waals surface area contributed by atoms with Crippen molar-refractivity contribution in [1.82, 2.24) is 24.3 Å². The molecule has 0 bridgehead atoms. The van der Waals surface area contributed by atoms with Crippen LogP contribution < -0.4 is 0 Å². The van der Waals surface area contributed by atoms with Crippen molar-refractivity contribution in [3.63, 3.8) is 0 Å². The third-order valence-corrected chi connectivity index (χ3v) is 6.53. The van der Waals surface area contributed by atoms with Crippen molar-refractivity contribution in [3.8, 4) is 0 Å². The number of aromatic nitrogens is 4. The molecule has 0 fully saturated rings. The van der Waals surface area contributed by atoms with Gasteiger partial charge in [-0.2, -0.15) is 4.31 Å². The van der Waals surface area contributed by atoms with E-state index in [1.807, 2.05) is 6.92 Å². The Morgan fingerprint density at radius 2 is 2.24 bits per heavy atom. The quantitative estimate of drug-likeness (QED) is 0.848. The second kappa shape index (κ2) is 5.15. The summed E-state index contributed by atoms with van der Waals surface area (Å²) < 4.78 is 28.1. The summed E-state index contributed by atoms with van der Waals surface area (Å²) in [6.45, 7) is 1.96. The summed E-state index contributed by atoms with van der Waals surface area (Å²) in [6.07, 6.45) is 4.11. The van der Waals surface area contributed by atoms with Crippen molar-refractivity contribution in [3.05, 3.63) is 21.8 Å². The Hall–Kier alpha value is -1.32. The molecule has 0 spiro atoms. The smallest absolute Gasteiger partial charge is 0.254 e. The van der Waals surface area contributed by atoms with E-state index in [0.717, 1.165) is 34.8 Å². The largest absolute Gasteiger partial charge is 0.264 e. The van der Waals surface area contributed by atoms with E-state index in [1.54, 1.807) is 25.4 Å². The molecule has 0 radical (unpaired) electrons. The van der Waals surface area contributed by atoms with Gasteiger partial charge in [0.05, 0.1) is 22.9 Å². The molecule has 0 saturated carbocycles. The summed E-state index contributed by atoms with van der Waals surface area (Å²) in [7, 11) is -0.373. The van der Waals surface area contributed by atoms with Gasteiger partial charge in [-0.25, -0.2) is 13.4 Å². The Balaban J connectivity index is 1.97. The number of hydrogen-bond donors (Lipinski definition) is 0. The number of hydrogen-bond acceptors (Lipinski definition) is 6. The maximum absolute atomic E-state index is 12.7. The zero-order chi connectivity index (χ0) is 15.2. The topological polar surface area (TPSA) is 81.0 Å². The van der Waals surface area contributed by atoms with E-state index in [0.29, 0.717) is 0 Å². The molecule has 0 aliphatic heterocycles. The number of fused-ring (bicyclic) bond motifs is 1. The first-order valence-electron chi connectivity index (χ1n) is 6.70. The third kappa shape index (κ3) is 2.49. The van der Waals surface area contributed by atoms with Gasteiger partial charge in [0.25, 0.3) is 10.0 Å². The first-order valence-corrected chi connectivity index (χ1v) is 8.96. The predicted octanol–water partition coefficient (Wildman–Crippen LogP) is 1.28. The summed E-state index contributed by atoms with van der Waals surface area (Å²) in [4.78, 5) is 5.57. The molecule has 21 heavy (non-hydrogen) atoms.